The van der Waals surface area contributed by atoms with Crippen molar-refractivity contribution in [2.75, 3.05) is 31.7 Å². The van der Waals surface area contributed by atoms with Crippen LogP contribution in [0, 0.1) is 16.0 Å². The van der Waals surface area contributed by atoms with Gasteiger partial charge in [-0.15, -0.1) is 0 Å². The highest BCUT2D eigenvalue weighted by Crippen LogP contribution is 2.26. The molecule has 6 heteroatoms. The van der Waals surface area contributed by atoms with E-state index in [1.165, 1.54) is 6.07 Å². The van der Waals surface area contributed by atoms with Crippen molar-refractivity contribution in [1.29, 1.82) is 0 Å². The number of aliphatic hydroxyl groups is 1. The number of hydrogen-bond donors (Lipinski definition) is 1. The van der Waals surface area contributed by atoms with Crippen molar-refractivity contribution in [2.45, 2.75) is 19.4 Å². The zero-order valence-corrected chi connectivity index (χ0v) is 11.6. The van der Waals surface area contributed by atoms with E-state index in [9.17, 15) is 15.2 Å². The summed E-state index contributed by atoms with van der Waals surface area (Å²) in [5.74, 6) is 0.488. The molecular formula is C14H20N2O4. The molecule has 1 N–H and O–H groups in total. The van der Waals surface area contributed by atoms with Crippen LogP contribution in [-0.4, -0.2) is 36.8 Å². The molecule has 1 saturated heterocycles. The highest BCUT2D eigenvalue weighted by molar-refractivity contribution is 5.55. The van der Waals surface area contributed by atoms with Gasteiger partial charge in [-0.25, -0.2) is 0 Å². The largest absolute Gasteiger partial charge is 0.391 e. The monoisotopic (exact) mass is 280 g/mol. The highest BCUT2D eigenvalue weighted by Gasteiger charge is 2.18. The second-order valence-corrected chi connectivity index (χ2v) is 5.19. The fourth-order valence-corrected chi connectivity index (χ4v) is 2.56. The minimum absolute atomic E-state index is 0.0364. The van der Waals surface area contributed by atoms with Crippen molar-refractivity contribution >= 4 is 11.4 Å². The second kappa shape index (κ2) is 6.67. The van der Waals surface area contributed by atoms with Crippen LogP contribution in [0.5, 0.6) is 0 Å². The van der Waals surface area contributed by atoms with E-state index >= 15 is 0 Å². The van der Waals surface area contributed by atoms with Crippen molar-refractivity contribution in [3.8, 4) is 0 Å². The number of benzene rings is 1. The topological polar surface area (TPSA) is 75.8 Å². The summed E-state index contributed by atoms with van der Waals surface area (Å²) in [6.07, 6.45) is 2.23. The second-order valence-electron chi connectivity index (χ2n) is 5.19. The molecule has 0 aromatic heterocycles. The van der Waals surface area contributed by atoms with E-state index in [0.29, 0.717) is 11.5 Å². The fourth-order valence-electron chi connectivity index (χ4n) is 2.56. The van der Waals surface area contributed by atoms with Gasteiger partial charge in [-0.3, -0.25) is 10.1 Å². The predicted octanol–water partition coefficient (Wildman–Crippen LogP) is 1.95. The van der Waals surface area contributed by atoms with Crippen LogP contribution in [0.1, 0.15) is 18.4 Å². The van der Waals surface area contributed by atoms with Crippen molar-refractivity contribution in [2.24, 2.45) is 5.92 Å². The molecule has 1 aliphatic heterocycles. The molecule has 20 heavy (non-hydrogen) atoms. The third-order valence-electron chi connectivity index (χ3n) is 3.66. The number of nitro benzene ring substituents is 1. The quantitative estimate of drug-likeness (QED) is 0.659. The van der Waals surface area contributed by atoms with Gasteiger partial charge in [-0.1, -0.05) is 0 Å². The molecule has 0 bridgehead atoms. The molecule has 2 rings (SSSR count). The normalized spacial score (nSPS) is 18.8. The van der Waals surface area contributed by atoms with Gasteiger partial charge >= 0.3 is 0 Å². The fraction of sp³-hybridized carbons (Fsp3) is 0.571. The minimum atomic E-state index is -0.468. The van der Waals surface area contributed by atoms with Crippen LogP contribution >= 0.6 is 0 Å². The average Bonchev–Trinajstić information content (AvgIpc) is 2.47. The summed E-state index contributed by atoms with van der Waals surface area (Å²) < 4.78 is 5.46. The van der Waals surface area contributed by atoms with Gasteiger partial charge in [0.2, 0.25) is 0 Å². The average molecular weight is 280 g/mol. The van der Waals surface area contributed by atoms with Gasteiger partial charge in [0.05, 0.1) is 23.7 Å². The van der Waals surface area contributed by atoms with Gasteiger partial charge < -0.3 is 14.7 Å². The Bertz CT molecular complexity index is 472. The first-order chi connectivity index (χ1) is 9.61. The van der Waals surface area contributed by atoms with Gasteiger partial charge in [0.1, 0.15) is 0 Å². The number of nitro groups is 1. The molecular weight excluding hydrogens is 260 g/mol. The minimum Gasteiger partial charge on any atom is -0.391 e. The molecule has 0 spiro atoms. The van der Waals surface area contributed by atoms with Crippen molar-refractivity contribution in [1.82, 2.24) is 0 Å². The Morgan fingerprint density at radius 1 is 1.55 bits per heavy atom. The molecule has 1 atom stereocenters. The smallest absolute Gasteiger partial charge is 0.275 e. The zero-order valence-electron chi connectivity index (χ0n) is 11.6. The van der Waals surface area contributed by atoms with Crippen LogP contribution in [0.15, 0.2) is 18.2 Å². The van der Waals surface area contributed by atoms with Crippen LogP contribution in [0.4, 0.5) is 11.4 Å². The maximum atomic E-state index is 10.8. The van der Waals surface area contributed by atoms with Gasteiger partial charge in [-0.05, 0) is 30.9 Å². The molecule has 1 fully saturated rings. The Balaban J connectivity index is 2.09. The summed E-state index contributed by atoms with van der Waals surface area (Å²) >= 11 is 0. The van der Waals surface area contributed by atoms with Crippen LogP contribution in [-0.2, 0) is 11.3 Å². The van der Waals surface area contributed by atoms with Crippen LogP contribution in [0.3, 0.4) is 0 Å². The maximum absolute atomic E-state index is 10.8. The number of anilines is 1. The van der Waals surface area contributed by atoms with Gasteiger partial charge in [0.15, 0.2) is 0 Å². The lowest BCUT2D eigenvalue weighted by molar-refractivity contribution is -0.385. The summed E-state index contributed by atoms with van der Waals surface area (Å²) in [5, 5.41) is 20.1. The first-order valence-electron chi connectivity index (χ1n) is 6.79. The SMILES string of the molecule is CN(CC1CCCOC1)c1ccc([N+](=O)[O-])c(CO)c1. The molecule has 0 amide bonds. The van der Waals surface area contributed by atoms with Crippen molar-refractivity contribution < 1.29 is 14.8 Å². The zero-order chi connectivity index (χ0) is 14.5. The Morgan fingerprint density at radius 2 is 2.35 bits per heavy atom. The number of aliphatic hydroxyl groups excluding tert-OH is 1. The molecule has 6 nitrogen and oxygen atoms in total. The van der Waals surface area contributed by atoms with Crippen LogP contribution < -0.4 is 4.90 Å². The highest BCUT2D eigenvalue weighted by atomic mass is 16.6. The maximum Gasteiger partial charge on any atom is 0.275 e. The molecule has 1 unspecified atom stereocenters. The molecule has 1 heterocycles. The predicted molar refractivity (Wildman–Crippen MR) is 75.8 cm³/mol. The molecule has 1 aromatic rings. The van der Waals surface area contributed by atoms with E-state index < -0.39 is 4.92 Å². The summed E-state index contributed by atoms with van der Waals surface area (Å²) in [6, 6.07) is 4.86. The molecule has 110 valence electrons. The third kappa shape index (κ3) is 3.46. The first-order valence-corrected chi connectivity index (χ1v) is 6.79. The van der Waals surface area contributed by atoms with E-state index in [0.717, 1.165) is 38.3 Å². The number of ether oxygens (including phenoxy) is 1. The Kier molecular flexibility index (Phi) is 4.92. The van der Waals surface area contributed by atoms with Gasteiger partial charge in [0.25, 0.3) is 5.69 Å². The van der Waals surface area contributed by atoms with Crippen molar-refractivity contribution in [3.05, 3.63) is 33.9 Å². The summed E-state index contributed by atoms with van der Waals surface area (Å²) in [5.41, 5.74) is 1.19. The van der Waals surface area contributed by atoms with E-state index in [2.05, 4.69) is 4.90 Å². The Hall–Kier alpha value is -1.66. The Morgan fingerprint density at radius 3 is 2.95 bits per heavy atom. The lowest BCUT2D eigenvalue weighted by atomic mass is 10.0. The standard InChI is InChI=1S/C14H20N2O4/c1-15(8-11-3-2-6-20-10-11)13-4-5-14(16(18)19)12(7-13)9-17/h4-5,7,11,17H,2-3,6,8-10H2,1H3. The van der Waals surface area contributed by atoms with E-state index in [1.807, 2.05) is 7.05 Å². The number of rotatable bonds is 5. The lowest BCUT2D eigenvalue weighted by Crippen LogP contribution is -2.30. The summed E-state index contributed by atoms with van der Waals surface area (Å²) in [7, 11) is 1.96. The molecule has 1 aliphatic rings. The number of hydrogen-bond acceptors (Lipinski definition) is 5. The van der Waals surface area contributed by atoms with Gasteiger partial charge in [0, 0.05) is 32.0 Å². The summed E-state index contributed by atoms with van der Waals surface area (Å²) in [6.45, 7) is 2.13. The molecule has 0 aliphatic carbocycles. The van der Waals surface area contributed by atoms with Gasteiger partial charge in [-0.2, -0.15) is 0 Å². The van der Waals surface area contributed by atoms with E-state index in [1.54, 1.807) is 12.1 Å². The van der Waals surface area contributed by atoms with Crippen LogP contribution in [0.25, 0.3) is 0 Å². The third-order valence-corrected chi connectivity index (χ3v) is 3.66. The molecule has 0 radical (unpaired) electrons. The van der Waals surface area contributed by atoms with Crippen LogP contribution in [0.2, 0.25) is 0 Å². The summed E-state index contributed by atoms with van der Waals surface area (Å²) in [4.78, 5) is 12.4. The molecule has 0 saturated carbocycles. The van der Waals surface area contributed by atoms with E-state index in [4.69, 9.17) is 4.74 Å². The first kappa shape index (κ1) is 14.7. The lowest BCUT2D eigenvalue weighted by Gasteiger charge is -2.28. The number of nitrogens with zero attached hydrogens (tertiary/aromatic N) is 2. The molecule has 1 aromatic carbocycles. The van der Waals surface area contributed by atoms with Crippen molar-refractivity contribution in [3.63, 3.8) is 0 Å². The van der Waals surface area contributed by atoms with E-state index in [-0.39, 0.29) is 12.3 Å². The Labute approximate surface area is 118 Å².